The Morgan fingerprint density at radius 3 is 2.79 bits per heavy atom. The fourth-order valence-corrected chi connectivity index (χ4v) is 2.56. The van der Waals surface area contributed by atoms with Crippen LogP contribution in [0.15, 0.2) is 24.3 Å². The monoisotopic (exact) mass is 258 g/mol. The van der Waals surface area contributed by atoms with Gasteiger partial charge in [-0.25, -0.2) is 0 Å². The van der Waals surface area contributed by atoms with E-state index in [-0.39, 0.29) is 30.3 Å². The Bertz CT molecular complexity index is 523. The van der Waals surface area contributed by atoms with E-state index in [1.807, 2.05) is 18.2 Å². The lowest BCUT2D eigenvalue weighted by Gasteiger charge is -2.15. The van der Waals surface area contributed by atoms with Gasteiger partial charge in [0.1, 0.15) is 6.04 Å². The summed E-state index contributed by atoms with van der Waals surface area (Å²) in [6.07, 6.45) is 3.18. The molecule has 3 rings (SSSR count). The van der Waals surface area contributed by atoms with Crippen molar-refractivity contribution in [2.24, 2.45) is 0 Å². The zero-order valence-electron chi connectivity index (χ0n) is 11.1. The third-order valence-corrected chi connectivity index (χ3v) is 3.77. The lowest BCUT2D eigenvalue weighted by Crippen LogP contribution is -2.36. The van der Waals surface area contributed by atoms with E-state index >= 15 is 0 Å². The zero-order valence-corrected chi connectivity index (χ0v) is 11.1. The normalized spacial score (nSPS) is 23.0. The minimum atomic E-state index is -0.389. The predicted molar refractivity (Wildman–Crippen MR) is 72.7 cm³/mol. The number of carbonyl (C=O) groups is 2. The molecule has 100 valence electrons. The van der Waals surface area contributed by atoms with Gasteiger partial charge < -0.3 is 5.32 Å². The molecular formula is C15H18N2O2. The third kappa shape index (κ3) is 2.35. The number of nitrogens with one attached hydrogen (secondary N) is 1. The Labute approximate surface area is 112 Å². The molecule has 1 heterocycles. The molecule has 1 N–H and O–H groups in total. The van der Waals surface area contributed by atoms with Crippen molar-refractivity contribution >= 4 is 17.5 Å². The molecule has 0 unspecified atom stereocenters. The second kappa shape index (κ2) is 4.68. The van der Waals surface area contributed by atoms with Crippen LogP contribution in [0.3, 0.4) is 0 Å². The fraction of sp³-hybridized carbons (Fsp3) is 0.467. The van der Waals surface area contributed by atoms with Crippen LogP contribution in [-0.2, 0) is 16.0 Å². The fourth-order valence-electron chi connectivity index (χ4n) is 2.56. The number of anilines is 1. The molecule has 4 heteroatoms. The predicted octanol–water partition coefficient (Wildman–Crippen LogP) is 1.95. The molecule has 1 saturated heterocycles. The van der Waals surface area contributed by atoms with E-state index < -0.39 is 0 Å². The van der Waals surface area contributed by atoms with Crippen LogP contribution in [0.5, 0.6) is 0 Å². The van der Waals surface area contributed by atoms with Crippen molar-refractivity contribution in [3.8, 4) is 0 Å². The second-order valence-corrected chi connectivity index (χ2v) is 5.29. The van der Waals surface area contributed by atoms with Crippen molar-refractivity contribution in [1.29, 1.82) is 0 Å². The van der Waals surface area contributed by atoms with E-state index in [9.17, 15) is 9.59 Å². The molecule has 1 aromatic carbocycles. The molecule has 1 aliphatic heterocycles. The van der Waals surface area contributed by atoms with E-state index in [1.165, 1.54) is 10.5 Å². The quantitative estimate of drug-likeness (QED) is 0.840. The van der Waals surface area contributed by atoms with Crippen LogP contribution in [0, 0.1) is 0 Å². The maximum atomic E-state index is 12.2. The average molecular weight is 258 g/mol. The van der Waals surface area contributed by atoms with Gasteiger partial charge >= 0.3 is 0 Å². The average Bonchev–Trinajstić information content (AvgIpc) is 3.19. The Hall–Kier alpha value is -1.84. The minimum absolute atomic E-state index is 0.0309. The summed E-state index contributed by atoms with van der Waals surface area (Å²) in [6.45, 7) is 2.10. The minimum Gasteiger partial charge on any atom is -0.373 e. The van der Waals surface area contributed by atoms with Gasteiger partial charge in [-0.2, -0.15) is 0 Å². The standard InChI is InChI=1S/C15H18N2O2/c1-2-10-4-3-5-11(8-10)16-13-9-14(18)17(15(13)19)12-6-7-12/h3-5,8,12-13,16H,2,6-7,9H2,1H3/t13-/m0/s1. The number of aryl methyl sites for hydroxylation is 1. The van der Waals surface area contributed by atoms with Gasteiger partial charge in [0.05, 0.1) is 6.42 Å². The van der Waals surface area contributed by atoms with Crippen LogP contribution in [0.2, 0.25) is 0 Å². The van der Waals surface area contributed by atoms with Gasteiger partial charge in [0.25, 0.3) is 5.91 Å². The van der Waals surface area contributed by atoms with Crippen LogP contribution in [0.1, 0.15) is 31.7 Å². The first-order valence-corrected chi connectivity index (χ1v) is 6.90. The van der Waals surface area contributed by atoms with E-state index in [0.717, 1.165) is 24.9 Å². The smallest absolute Gasteiger partial charge is 0.252 e. The SMILES string of the molecule is CCc1cccc(N[C@H]2CC(=O)N(C3CC3)C2=O)c1. The molecule has 19 heavy (non-hydrogen) atoms. The van der Waals surface area contributed by atoms with Crippen molar-refractivity contribution in [3.63, 3.8) is 0 Å². The highest BCUT2D eigenvalue weighted by Gasteiger charge is 2.46. The highest BCUT2D eigenvalue weighted by molar-refractivity contribution is 6.07. The number of nitrogens with zero attached hydrogens (tertiary/aromatic N) is 1. The Morgan fingerprint density at radius 1 is 1.32 bits per heavy atom. The van der Waals surface area contributed by atoms with Gasteiger partial charge in [-0.05, 0) is 37.0 Å². The van der Waals surface area contributed by atoms with Crippen molar-refractivity contribution < 1.29 is 9.59 Å². The maximum Gasteiger partial charge on any atom is 0.252 e. The topological polar surface area (TPSA) is 49.4 Å². The highest BCUT2D eigenvalue weighted by Crippen LogP contribution is 2.32. The van der Waals surface area contributed by atoms with Crippen LogP contribution >= 0.6 is 0 Å². The van der Waals surface area contributed by atoms with Crippen molar-refractivity contribution in [1.82, 2.24) is 4.90 Å². The number of amides is 2. The molecule has 1 aromatic rings. The van der Waals surface area contributed by atoms with Crippen LogP contribution in [0.25, 0.3) is 0 Å². The van der Waals surface area contributed by atoms with Gasteiger partial charge in [-0.1, -0.05) is 19.1 Å². The summed E-state index contributed by atoms with van der Waals surface area (Å²) >= 11 is 0. The van der Waals surface area contributed by atoms with Crippen LogP contribution in [-0.4, -0.2) is 28.8 Å². The van der Waals surface area contributed by atoms with E-state index in [2.05, 4.69) is 18.3 Å². The van der Waals surface area contributed by atoms with Crippen molar-refractivity contribution in [2.75, 3.05) is 5.32 Å². The molecule has 0 aromatic heterocycles. The van der Waals surface area contributed by atoms with Crippen molar-refractivity contribution in [2.45, 2.75) is 44.7 Å². The number of benzene rings is 1. The molecule has 2 amide bonds. The molecule has 1 atom stereocenters. The Kier molecular flexibility index (Phi) is 3.01. The second-order valence-electron chi connectivity index (χ2n) is 5.29. The van der Waals surface area contributed by atoms with Gasteiger partial charge in [0, 0.05) is 11.7 Å². The molecule has 1 saturated carbocycles. The molecule has 0 radical (unpaired) electrons. The van der Waals surface area contributed by atoms with E-state index in [4.69, 9.17) is 0 Å². The third-order valence-electron chi connectivity index (χ3n) is 3.77. The van der Waals surface area contributed by atoms with Gasteiger partial charge in [-0.3, -0.25) is 14.5 Å². The lowest BCUT2D eigenvalue weighted by atomic mass is 10.1. The maximum absolute atomic E-state index is 12.2. The number of imide groups is 1. The largest absolute Gasteiger partial charge is 0.373 e. The number of hydrogen-bond acceptors (Lipinski definition) is 3. The Balaban J connectivity index is 1.73. The first-order chi connectivity index (χ1) is 9.19. The van der Waals surface area contributed by atoms with Gasteiger partial charge in [0.15, 0.2) is 0 Å². The highest BCUT2D eigenvalue weighted by atomic mass is 16.2. The van der Waals surface area contributed by atoms with Crippen molar-refractivity contribution in [3.05, 3.63) is 29.8 Å². The van der Waals surface area contributed by atoms with Crippen LogP contribution < -0.4 is 5.32 Å². The van der Waals surface area contributed by atoms with Gasteiger partial charge in [-0.15, -0.1) is 0 Å². The molecule has 2 fully saturated rings. The molecular weight excluding hydrogens is 240 g/mol. The summed E-state index contributed by atoms with van der Waals surface area (Å²) in [4.78, 5) is 25.5. The molecule has 1 aliphatic carbocycles. The summed E-state index contributed by atoms with van der Waals surface area (Å²) in [5.41, 5.74) is 2.14. The van der Waals surface area contributed by atoms with E-state index in [0.29, 0.717) is 0 Å². The summed E-state index contributed by atoms with van der Waals surface area (Å²) < 4.78 is 0. The number of hydrogen-bond donors (Lipinski definition) is 1. The molecule has 4 nitrogen and oxygen atoms in total. The summed E-state index contributed by atoms with van der Waals surface area (Å²) in [6, 6.07) is 7.80. The van der Waals surface area contributed by atoms with E-state index in [1.54, 1.807) is 0 Å². The molecule has 2 aliphatic rings. The summed E-state index contributed by atoms with van der Waals surface area (Å²) in [5.74, 6) is -0.0916. The zero-order chi connectivity index (χ0) is 13.4. The number of carbonyl (C=O) groups excluding carboxylic acids is 2. The first-order valence-electron chi connectivity index (χ1n) is 6.90. The van der Waals surface area contributed by atoms with Gasteiger partial charge in [0.2, 0.25) is 5.91 Å². The number of rotatable bonds is 4. The lowest BCUT2D eigenvalue weighted by molar-refractivity contribution is -0.139. The first kappa shape index (κ1) is 12.2. The Morgan fingerprint density at radius 2 is 2.11 bits per heavy atom. The molecule has 0 spiro atoms. The summed E-state index contributed by atoms with van der Waals surface area (Å²) in [5, 5.41) is 3.20. The summed E-state index contributed by atoms with van der Waals surface area (Å²) in [7, 11) is 0. The molecule has 0 bridgehead atoms. The number of likely N-dealkylation sites (tertiary alicyclic amines) is 1. The van der Waals surface area contributed by atoms with Crippen LogP contribution in [0.4, 0.5) is 5.69 Å².